The van der Waals surface area contributed by atoms with Gasteiger partial charge in [0, 0.05) is 22.5 Å². The van der Waals surface area contributed by atoms with Crippen LogP contribution in [0.25, 0.3) is 10.9 Å². The second-order valence-corrected chi connectivity index (χ2v) is 7.15. The molecule has 1 aromatic heterocycles. The van der Waals surface area contributed by atoms with Gasteiger partial charge in [0.1, 0.15) is 0 Å². The summed E-state index contributed by atoms with van der Waals surface area (Å²) < 4.78 is 53.1. The lowest BCUT2D eigenvalue weighted by Gasteiger charge is -2.15. The van der Waals surface area contributed by atoms with E-state index in [9.17, 15) is 17.6 Å². The Balaban J connectivity index is 2.08. The number of aromatic amines is 1. The molecule has 0 aliphatic rings. The topological polar surface area (TPSA) is 15.8 Å². The molecule has 2 aromatic carbocycles. The third-order valence-corrected chi connectivity index (χ3v) is 5.23. The largest absolute Gasteiger partial charge is 0.416 e. The molecule has 0 spiro atoms. The van der Waals surface area contributed by atoms with Gasteiger partial charge in [-0.3, -0.25) is 0 Å². The van der Waals surface area contributed by atoms with Crippen molar-refractivity contribution in [1.29, 1.82) is 0 Å². The van der Waals surface area contributed by atoms with Crippen molar-refractivity contribution in [3.05, 3.63) is 69.6 Å². The molecule has 0 bridgehead atoms. The summed E-state index contributed by atoms with van der Waals surface area (Å²) in [5.74, 6) is -0.660. The van der Waals surface area contributed by atoms with Crippen LogP contribution in [0.2, 0.25) is 5.02 Å². The van der Waals surface area contributed by atoms with E-state index in [0.717, 1.165) is 41.8 Å². The van der Waals surface area contributed by atoms with Crippen molar-refractivity contribution in [3.63, 3.8) is 0 Å². The predicted octanol–water partition coefficient (Wildman–Crippen LogP) is 7.47. The summed E-state index contributed by atoms with van der Waals surface area (Å²) in [6, 6.07) is 8.36. The van der Waals surface area contributed by atoms with Gasteiger partial charge in [-0.05, 0) is 48.2 Å². The van der Waals surface area contributed by atoms with Crippen LogP contribution in [0.1, 0.15) is 55.0 Å². The Kier molecular flexibility index (Phi) is 5.52. The lowest BCUT2D eigenvalue weighted by molar-refractivity contribution is -0.137. The van der Waals surface area contributed by atoms with Gasteiger partial charge in [0.25, 0.3) is 0 Å². The first-order valence-electron chi connectivity index (χ1n) is 8.89. The number of benzene rings is 2. The van der Waals surface area contributed by atoms with Gasteiger partial charge in [0.15, 0.2) is 5.82 Å². The van der Waals surface area contributed by atoms with Crippen molar-refractivity contribution in [3.8, 4) is 0 Å². The normalized spacial score (nSPS) is 13.3. The number of alkyl halides is 3. The van der Waals surface area contributed by atoms with Gasteiger partial charge in [-0.25, -0.2) is 4.39 Å². The van der Waals surface area contributed by atoms with Crippen molar-refractivity contribution in [1.82, 2.24) is 4.98 Å². The highest BCUT2D eigenvalue weighted by Gasteiger charge is 2.30. The van der Waals surface area contributed by atoms with Crippen molar-refractivity contribution in [2.45, 2.75) is 45.2 Å². The molecule has 3 rings (SSSR count). The van der Waals surface area contributed by atoms with Crippen LogP contribution in [0.4, 0.5) is 17.6 Å². The molecule has 0 saturated carbocycles. The summed E-state index contributed by atoms with van der Waals surface area (Å²) in [6.45, 7) is 3.96. The van der Waals surface area contributed by atoms with Crippen molar-refractivity contribution < 1.29 is 17.6 Å². The first-order chi connectivity index (χ1) is 12.7. The van der Waals surface area contributed by atoms with Crippen LogP contribution in [0.3, 0.4) is 0 Å². The maximum Gasteiger partial charge on any atom is 0.416 e. The van der Waals surface area contributed by atoms with Crippen LogP contribution in [-0.2, 0) is 12.6 Å². The van der Waals surface area contributed by atoms with E-state index in [1.165, 1.54) is 18.2 Å². The molecule has 3 aromatic rings. The highest BCUT2D eigenvalue weighted by atomic mass is 35.5. The zero-order valence-electron chi connectivity index (χ0n) is 15.1. The number of hydrogen-bond acceptors (Lipinski definition) is 0. The third-order valence-electron chi connectivity index (χ3n) is 4.94. The molecule has 6 heteroatoms. The highest BCUT2D eigenvalue weighted by molar-refractivity contribution is 6.31. The lowest BCUT2D eigenvalue weighted by atomic mass is 9.92. The van der Waals surface area contributed by atoms with Gasteiger partial charge in [0.05, 0.1) is 10.6 Å². The quantitative estimate of drug-likeness (QED) is 0.429. The minimum atomic E-state index is -4.37. The standard InChI is InChI=1S/C21H20ClF4N/c1-3-4-5-15-18-17(11-10-16(22)19(18)23)27-20(15)12(2)13-6-8-14(9-7-13)21(24,25)26/h6-12,27H,3-5H2,1-2H3. The fraction of sp³-hybridized carbons (Fsp3) is 0.333. The van der Waals surface area contributed by atoms with Crippen LogP contribution in [0.5, 0.6) is 0 Å². The second-order valence-electron chi connectivity index (χ2n) is 6.75. The average Bonchev–Trinajstić information content (AvgIpc) is 3.01. The molecule has 0 saturated heterocycles. The van der Waals surface area contributed by atoms with Gasteiger partial charge in [-0.2, -0.15) is 13.2 Å². The fourth-order valence-corrected chi connectivity index (χ4v) is 3.57. The van der Waals surface area contributed by atoms with Crippen molar-refractivity contribution in [2.75, 3.05) is 0 Å². The van der Waals surface area contributed by atoms with Gasteiger partial charge >= 0.3 is 6.18 Å². The molecule has 0 radical (unpaired) electrons. The van der Waals surface area contributed by atoms with E-state index < -0.39 is 17.6 Å². The molecule has 1 nitrogen and oxygen atoms in total. The molecule has 0 aliphatic carbocycles. The second kappa shape index (κ2) is 7.55. The number of H-pyrrole nitrogens is 1. The molecule has 0 fully saturated rings. The Morgan fingerprint density at radius 2 is 1.74 bits per heavy atom. The Bertz CT molecular complexity index is 941. The summed E-state index contributed by atoms with van der Waals surface area (Å²) in [4.78, 5) is 3.26. The molecule has 1 heterocycles. The van der Waals surface area contributed by atoms with E-state index in [1.54, 1.807) is 6.07 Å². The molecule has 144 valence electrons. The zero-order valence-corrected chi connectivity index (χ0v) is 15.8. The monoisotopic (exact) mass is 397 g/mol. The van der Waals surface area contributed by atoms with Gasteiger partial charge in [-0.15, -0.1) is 0 Å². The number of unbranched alkanes of at least 4 members (excludes halogenated alkanes) is 1. The van der Waals surface area contributed by atoms with Crippen molar-refractivity contribution in [2.24, 2.45) is 0 Å². The van der Waals surface area contributed by atoms with Crippen LogP contribution in [0.15, 0.2) is 36.4 Å². The molecule has 27 heavy (non-hydrogen) atoms. The number of fused-ring (bicyclic) bond motifs is 1. The van der Waals surface area contributed by atoms with Gasteiger partial charge < -0.3 is 4.98 Å². The molecule has 0 aliphatic heterocycles. The minimum absolute atomic E-state index is 0.0629. The van der Waals surface area contributed by atoms with E-state index in [1.807, 2.05) is 6.92 Å². The van der Waals surface area contributed by atoms with E-state index in [0.29, 0.717) is 17.3 Å². The summed E-state index contributed by atoms with van der Waals surface area (Å²) in [6.07, 6.45) is -1.86. The number of aromatic nitrogens is 1. The zero-order chi connectivity index (χ0) is 19.8. The number of hydrogen-bond donors (Lipinski definition) is 1. The number of halogens is 5. The van der Waals surface area contributed by atoms with E-state index in [2.05, 4.69) is 11.9 Å². The van der Waals surface area contributed by atoms with Crippen LogP contribution in [0, 0.1) is 5.82 Å². The molecule has 1 N–H and O–H groups in total. The summed E-state index contributed by atoms with van der Waals surface area (Å²) in [7, 11) is 0. The number of nitrogens with one attached hydrogen (secondary N) is 1. The summed E-state index contributed by atoms with van der Waals surface area (Å²) in [5, 5.41) is 0.540. The molecular formula is C21H20ClF4N. The van der Waals surface area contributed by atoms with Crippen LogP contribution < -0.4 is 0 Å². The molecule has 1 unspecified atom stereocenters. The molecule has 1 atom stereocenters. The molecular weight excluding hydrogens is 378 g/mol. The lowest BCUT2D eigenvalue weighted by Crippen LogP contribution is -2.06. The van der Waals surface area contributed by atoms with E-state index in [4.69, 9.17) is 11.6 Å². The van der Waals surface area contributed by atoms with E-state index >= 15 is 0 Å². The third kappa shape index (κ3) is 3.84. The number of rotatable bonds is 5. The fourth-order valence-electron chi connectivity index (χ4n) is 3.42. The van der Waals surface area contributed by atoms with Gasteiger partial charge in [0.2, 0.25) is 0 Å². The van der Waals surface area contributed by atoms with Crippen molar-refractivity contribution >= 4 is 22.5 Å². The molecule has 0 amide bonds. The van der Waals surface area contributed by atoms with Crippen LogP contribution >= 0.6 is 11.6 Å². The minimum Gasteiger partial charge on any atom is -0.358 e. The SMILES string of the molecule is CCCCc1c(C(C)c2ccc(C(F)(F)F)cc2)[nH]c2ccc(Cl)c(F)c12. The predicted molar refractivity (Wildman–Crippen MR) is 101 cm³/mol. The first-order valence-corrected chi connectivity index (χ1v) is 9.27. The Hall–Kier alpha value is -2.01. The Labute approximate surface area is 160 Å². The van der Waals surface area contributed by atoms with Gasteiger partial charge in [-0.1, -0.05) is 44.0 Å². The smallest absolute Gasteiger partial charge is 0.358 e. The Morgan fingerprint density at radius 3 is 2.33 bits per heavy atom. The Morgan fingerprint density at radius 1 is 1.07 bits per heavy atom. The summed E-state index contributed by atoms with van der Waals surface area (Å²) >= 11 is 5.96. The van der Waals surface area contributed by atoms with E-state index in [-0.39, 0.29) is 10.9 Å². The first kappa shape index (κ1) is 19.7. The highest BCUT2D eigenvalue weighted by Crippen LogP contribution is 2.37. The number of aryl methyl sites for hydroxylation is 1. The maximum atomic E-state index is 14.7. The summed E-state index contributed by atoms with van der Waals surface area (Å²) in [5.41, 5.74) is 2.37. The maximum absolute atomic E-state index is 14.7. The van der Waals surface area contributed by atoms with Crippen LogP contribution in [-0.4, -0.2) is 4.98 Å². The average molecular weight is 398 g/mol.